The van der Waals surface area contributed by atoms with Crippen LogP contribution < -0.4 is 9.47 Å². The average Bonchev–Trinajstić information content (AvgIpc) is 3.47. The lowest BCUT2D eigenvalue weighted by Crippen LogP contribution is -2.36. The number of ether oxygens (including phenoxy) is 3. The molecule has 180 valence electrons. The van der Waals surface area contributed by atoms with Crippen LogP contribution in [0.3, 0.4) is 0 Å². The molecule has 1 aliphatic heterocycles. The largest absolute Gasteiger partial charge is 0.493 e. The summed E-state index contributed by atoms with van der Waals surface area (Å²) in [4.78, 5) is 14.7. The molecule has 0 saturated carbocycles. The van der Waals surface area contributed by atoms with Crippen molar-refractivity contribution in [3.05, 3.63) is 64.8 Å². The molecule has 0 unspecified atom stereocenters. The van der Waals surface area contributed by atoms with Gasteiger partial charge in [-0.05, 0) is 56.2 Å². The van der Waals surface area contributed by atoms with Crippen LogP contribution in [0.1, 0.15) is 37.4 Å². The number of hydrogen-bond donors (Lipinski definition) is 0. The zero-order valence-electron chi connectivity index (χ0n) is 19.8. The maximum Gasteiger partial charge on any atom is 0.228 e. The summed E-state index contributed by atoms with van der Waals surface area (Å²) in [6.45, 7) is 5.47. The molecule has 2 heterocycles. The van der Waals surface area contributed by atoms with E-state index in [0.717, 1.165) is 36.4 Å². The molecule has 8 heteroatoms. The van der Waals surface area contributed by atoms with E-state index in [4.69, 9.17) is 30.9 Å². The van der Waals surface area contributed by atoms with Gasteiger partial charge in [0.2, 0.25) is 11.8 Å². The molecule has 3 aromatic rings. The predicted molar refractivity (Wildman–Crippen MR) is 131 cm³/mol. The lowest BCUT2D eigenvalue weighted by atomic mass is 10.1. The van der Waals surface area contributed by atoms with Crippen molar-refractivity contribution in [3.8, 4) is 23.1 Å². The zero-order valence-corrected chi connectivity index (χ0v) is 20.5. The molecule has 4 rings (SSSR count). The summed E-state index contributed by atoms with van der Waals surface area (Å²) < 4.78 is 19.5. The van der Waals surface area contributed by atoms with Gasteiger partial charge in [0.25, 0.3) is 0 Å². The van der Waals surface area contributed by atoms with Gasteiger partial charge in [0, 0.05) is 24.6 Å². The molecule has 0 aliphatic carbocycles. The number of aryl methyl sites for hydroxylation is 1. The number of para-hydroxylation sites is 2. The van der Waals surface area contributed by atoms with Gasteiger partial charge in [-0.15, -0.1) is 0 Å². The summed E-state index contributed by atoms with van der Waals surface area (Å²) in [5, 5.41) is 5.41. The minimum absolute atomic E-state index is 0.0562. The summed E-state index contributed by atoms with van der Waals surface area (Å²) in [5.41, 5.74) is 2.41. The highest BCUT2D eigenvalue weighted by Gasteiger charge is 2.27. The fourth-order valence-electron chi connectivity index (χ4n) is 4.09. The third-order valence-electron chi connectivity index (χ3n) is 5.94. The topological polar surface area (TPSA) is 65.8 Å². The van der Waals surface area contributed by atoms with Crippen molar-refractivity contribution in [1.82, 2.24) is 14.7 Å². The quantitative estimate of drug-likeness (QED) is 0.399. The van der Waals surface area contributed by atoms with Crippen molar-refractivity contribution < 1.29 is 19.0 Å². The van der Waals surface area contributed by atoms with Crippen molar-refractivity contribution in [1.29, 1.82) is 0 Å². The summed E-state index contributed by atoms with van der Waals surface area (Å²) in [6.07, 6.45) is 2.45. The van der Waals surface area contributed by atoms with Gasteiger partial charge in [-0.2, -0.15) is 5.10 Å². The Labute approximate surface area is 205 Å². The maximum absolute atomic E-state index is 12.9. The van der Waals surface area contributed by atoms with Gasteiger partial charge >= 0.3 is 0 Å². The summed E-state index contributed by atoms with van der Waals surface area (Å²) in [6, 6.07) is 14.8. The van der Waals surface area contributed by atoms with E-state index in [0.29, 0.717) is 41.9 Å². The van der Waals surface area contributed by atoms with E-state index in [9.17, 15) is 4.79 Å². The SMILES string of the molecule is CCC(=O)N(Cc1c(C)nn(-c2ccc(Cl)cc2)c1Oc1ccccc1OC)C[C@H]1CCCO1. The number of carbonyl (C=O) groups is 1. The number of carbonyl (C=O) groups excluding carboxylic acids is 1. The van der Waals surface area contributed by atoms with Crippen LogP contribution in [-0.4, -0.2) is 47.0 Å². The predicted octanol–water partition coefficient (Wildman–Crippen LogP) is 5.55. The first-order valence-corrected chi connectivity index (χ1v) is 11.9. The zero-order chi connectivity index (χ0) is 24.1. The van der Waals surface area contributed by atoms with Gasteiger partial charge < -0.3 is 19.1 Å². The van der Waals surface area contributed by atoms with Gasteiger partial charge in [-0.25, -0.2) is 4.68 Å². The van der Waals surface area contributed by atoms with Crippen LogP contribution in [0.5, 0.6) is 17.4 Å². The van der Waals surface area contributed by atoms with Gasteiger partial charge in [-0.1, -0.05) is 30.7 Å². The molecule has 1 fully saturated rings. The summed E-state index contributed by atoms with van der Waals surface area (Å²) in [5.74, 6) is 1.77. The van der Waals surface area contributed by atoms with Crippen LogP contribution in [0.2, 0.25) is 5.02 Å². The number of benzene rings is 2. The molecular weight excluding hydrogens is 454 g/mol. The second-order valence-corrected chi connectivity index (χ2v) is 8.71. The Hall–Kier alpha value is -3.03. The Morgan fingerprint density at radius 1 is 1.21 bits per heavy atom. The Kier molecular flexibility index (Phi) is 7.75. The number of methoxy groups -OCH3 is 1. The van der Waals surface area contributed by atoms with E-state index in [1.807, 2.05) is 67.3 Å². The number of hydrogen-bond acceptors (Lipinski definition) is 5. The second kappa shape index (κ2) is 10.9. The monoisotopic (exact) mass is 483 g/mol. The molecular formula is C26H30ClN3O4. The van der Waals surface area contributed by atoms with Crippen LogP contribution >= 0.6 is 11.6 Å². The van der Waals surface area contributed by atoms with Crippen LogP contribution in [0.4, 0.5) is 0 Å². The van der Waals surface area contributed by atoms with Crippen molar-refractivity contribution >= 4 is 17.5 Å². The van der Waals surface area contributed by atoms with Crippen molar-refractivity contribution in [2.45, 2.75) is 45.8 Å². The Morgan fingerprint density at radius 2 is 1.94 bits per heavy atom. The lowest BCUT2D eigenvalue weighted by Gasteiger charge is -2.25. The van der Waals surface area contributed by atoms with Crippen LogP contribution in [0, 0.1) is 6.92 Å². The number of rotatable bonds is 9. The highest BCUT2D eigenvalue weighted by Crippen LogP contribution is 2.36. The molecule has 0 spiro atoms. The number of amides is 1. The second-order valence-electron chi connectivity index (χ2n) is 8.27. The smallest absolute Gasteiger partial charge is 0.228 e. The minimum atomic E-state index is 0.0562. The van der Waals surface area contributed by atoms with Crippen molar-refractivity contribution in [3.63, 3.8) is 0 Å². The van der Waals surface area contributed by atoms with E-state index in [2.05, 4.69) is 0 Å². The first-order chi connectivity index (χ1) is 16.5. The maximum atomic E-state index is 12.9. The fourth-order valence-corrected chi connectivity index (χ4v) is 4.22. The Morgan fingerprint density at radius 3 is 2.59 bits per heavy atom. The highest BCUT2D eigenvalue weighted by molar-refractivity contribution is 6.30. The van der Waals surface area contributed by atoms with E-state index in [1.54, 1.807) is 11.8 Å². The van der Waals surface area contributed by atoms with Crippen LogP contribution in [0.15, 0.2) is 48.5 Å². The first kappa shape index (κ1) is 24.1. The van der Waals surface area contributed by atoms with Gasteiger partial charge in [-0.3, -0.25) is 4.79 Å². The molecule has 0 bridgehead atoms. The number of aromatic nitrogens is 2. The highest BCUT2D eigenvalue weighted by atomic mass is 35.5. The lowest BCUT2D eigenvalue weighted by molar-refractivity contribution is -0.133. The van der Waals surface area contributed by atoms with Crippen LogP contribution in [0.25, 0.3) is 5.69 Å². The average molecular weight is 484 g/mol. The molecule has 1 aromatic heterocycles. The van der Waals surface area contributed by atoms with E-state index in [1.165, 1.54) is 0 Å². The van der Waals surface area contributed by atoms with E-state index >= 15 is 0 Å². The van der Waals surface area contributed by atoms with Gasteiger partial charge in [0.05, 0.1) is 36.7 Å². The molecule has 1 amide bonds. The third-order valence-corrected chi connectivity index (χ3v) is 6.19. The molecule has 34 heavy (non-hydrogen) atoms. The number of nitrogens with zero attached hydrogens (tertiary/aromatic N) is 3. The molecule has 0 radical (unpaired) electrons. The fraction of sp³-hybridized carbons (Fsp3) is 0.385. The molecule has 7 nitrogen and oxygen atoms in total. The molecule has 1 aliphatic rings. The molecule has 0 N–H and O–H groups in total. The van der Waals surface area contributed by atoms with E-state index < -0.39 is 0 Å². The molecule has 1 saturated heterocycles. The van der Waals surface area contributed by atoms with Crippen molar-refractivity contribution in [2.75, 3.05) is 20.3 Å². The third kappa shape index (κ3) is 5.37. The van der Waals surface area contributed by atoms with Crippen LogP contribution in [-0.2, 0) is 16.1 Å². The minimum Gasteiger partial charge on any atom is -0.493 e. The van der Waals surface area contributed by atoms with E-state index in [-0.39, 0.29) is 12.0 Å². The Balaban J connectivity index is 1.75. The van der Waals surface area contributed by atoms with Gasteiger partial charge in [0.1, 0.15) is 0 Å². The molecule has 1 atom stereocenters. The van der Waals surface area contributed by atoms with Crippen molar-refractivity contribution in [2.24, 2.45) is 0 Å². The van der Waals surface area contributed by atoms with Gasteiger partial charge in [0.15, 0.2) is 11.5 Å². The number of halogens is 1. The Bertz CT molecular complexity index is 1120. The standard InChI is InChI=1S/C26H30ClN3O4/c1-4-25(31)29(16-21-8-7-15-33-21)17-22-18(2)28-30(20-13-11-19(27)12-14-20)26(22)34-24-10-6-5-9-23(24)32-3/h5-6,9-14,21H,4,7-8,15-17H2,1-3H3/t21-/m1/s1. The first-order valence-electron chi connectivity index (χ1n) is 11.5. The normalized spacial score (nSPS) is 15.4. The summed E-state index contributed by atoms with van der Waals surface area (Å²) in [7, 11) is 1.61. The summed E-state index contributed by atoms with van der Waals surface area (Å²) >= 11 is 6.11. The molecule has 2 aromatic carbocycles.